The van der Waals surface area contributed by atoms with Crippen LogP contribution in [0.2, 0.25) is 0 Å². The molecule has 22 heavy (non-hydrogen) atoms. The molecular formula is C14H15FN2O3S2. The van der Waals surface area contributed by atoms with Crippen LogP contribution in [-0.2, 0) is 22.2 Å². The highest BCUT2D eigenvalue weighted by Gasteiger charge is 2.21. The van der Waals surface area contributed by atoms with Crippen molar-refractivity contribution in [3.63, 3.8) is 0 Å². The molecule has 0 aliphatic rings. The van der Waals surface area contributed by atoms with Gasteiger partial charge in [-0.2, -0.15) is 0 Å². The zero-order chi connectivity index (χ0) is 16.3. The zero-order valence-corrected chi connectivity index (χ0v) is 13.7. The number of thiazole rings is 1. The number of aromatic nitrogens is 1. The number of halogens is 1. The van der Waals surface area contributed by atoms with Crippen molar-refractivity contribution >= 4 is 27.3 Å². The second-order valence-electron chi connectivity index (χ2n) is 4.69. The second kappa shape index (κ2) is 6.53. The van der Waals surface area contributed by atoms with Crippen LogP contribution in [0.25, 0.3) is 0 Å². The average molecular weight is 342 g/mol. The van der Waals surface area contributed by atoms with Gasteiger partial charge in [-0.25, -0.2) is 22.5 Å². The Bertz CT molecular complexity index is 783. The lowest BCUT2D eigenvalue weighted by molar-refractivity contribution is 0.0984. The van der Waals surface area contributed by atoms with Gasteiger partial charge in [0.05, 0.1) is 16.5 Å². The predicted octanol–water partition coefficient (Wildman–Crippen LogP) is 2.41. The van der Waals surface area contributed by atoms with E-state index in [1.165, 1.54) is 35.6 Å². The van der Waals surface area contributed by atoms with E-state index in [0.29, 0.717) is 22.6 Å². The summed E-state index contributed by atoms with van der Waals surface area (Å²) in [6, 6.07) is 5.08. The van der Waals surface area contributed by atoms with Gasteiger partial charge in [-0.3, -0.25) is 4.79 Å². The van der Waals surface area contributed by atoms with Crippen LogP contribution >= 0.6 is 11.3 Å². The molecule has 1 aromatic heterocycles. The number of amides is 1. The average Bonchev–Trinajstić information content (AvgIpc) is 2.82. The molecule has 1 aromatic carbocycles. The van der Waals surface area contributed by atoms with Crippen molar-refractivity contribution in [1.29, 1.82) is 0 Å². The Kier molecular flexibility index (Phi) is 4.92. The number of nitrogens with zero attached hydrogens (tertiary/aromatic N) is 1. The van der Waals surface area contributed by atoms with Crippen LogP contribution in [0.1, 0.15) is 32.9 Å². The van der Waals surface area contributed by atoms with Gasteiger partial charge in [-0.1, -0.05) is 19.1 Å². The summed E-state index contributed by atoms with van der Waals surface area (Å²) in [5.41, 5.74) is 0.910. The molecule has 0 atom stereocenters. The fourth-order valence-corrected chi connectivity index (χ4v) is 3.89. The SMILES string of the molecule is CCc1nc(C)c(C(=O)NS(=O)(=O)Cc2ccc(F)cc2)s1. The summed E-state index contributed by atoms with van der Waals surface area (Å²) in [6.07, 6.45) is 0.682. The number of rotatable bonds is 5. The van der Waals surface area contributed by atoms with E-state index in [1.54, 1.807) is 6.92 Å². The Morgan fingerprint density at radius 3 is 2.50 bits per heavy atom. The Morgan fingerprint density at radius 2 is 1.95 bits per heavy atom. The number of nitrogens with one attached hydrogen (secondary N) is 1. The van der Waals surface area contributed by atoms with E-state index in [0.717, 1.165) is 5.01 Å². The minimum Gasteiger partial charge on any atom is -0.267 e. The number of carbonyl (C=O) groups is 1. The maximum absolute atomic E-state index is 12.8. The topological polar surface area (TPSA) is 76.1 Å². The number of hydrogen-bond acceptors (Lipinski definition) is 5. The van der Waals surface area contributed by atoms with Crippen molar-refractivity contribution in [2.45, 2.75) is 26.0 Å². The van der Waals surface area contributed by atoms with Gasteiger partial charge in [0.15, 0.2) is 0 Å². The van der Waals surface area contributed by atoms with Gasteiger partial charge in [0.25, 0.3) is 5.91 Å². The molecule has 2 rings (SSSR count). The van der Waals surface area contributed by atoms with E-state index in [1.807, 2.05) is 11.6 Å². The maximum Gasteiger partial charge on any atom is 0.276 e. The first-order valence-electron chi connectivity index (χ1n) is 6.56. The van der Waals surface area contributed by atoms with Gasteiger partial charge in [-0.15, -0.1) is 11.3 Å². The summed E-state index contributed by atoms with van der Waals surface area (Å²) in [4.78, 5) is 16.6. The lowest BCUT2D eigenvalue weighted by atomic mass is 10.2. The molecule has 0 aliphatic heterocycles. The number of benzene rings is 1. The van der Waals surface area contributed by atoms with Gasteiger partial charge < -0.3 is 0 Å². The van der Waals surface area contributed by atoms with Gasteiger partial charge in [-0.05, 0) is 31.0 Å². The minimum absolute atomic E-state index is 0.291. The largest absolute Gasteiger partial charge is 0.276 e. The first-order chi connectivity index (χ1) is 10.3. The van der Waals surface area contributed by atoms with Crippen molar-refractivity contribution in [2.24, 2.45) is 0 Å². The van der Waals surface area contributed by atoms with E-state index >= 15 is 0 Å². The summed E-state index contributed by atoms with van der Waals surface area (Å²) in [5, 5.41) is 0.776. The van der Waals surface area contributed by atoms with Crippen LogP contribution in [-0.4, -0.2) is 19.3 Å². The summed E-state index contributed by atoms with van der Waals surface area (Å²) in [6.45, 7) is 3.57. The van der Waals surface area contributed by atoms with Crippen LogP contribution < -0.4 is 4.72 Å². The Morgan fingerprint density at radius 1 is 1.32 bits per heavy atom. The molecule has 0 fully saturated rings. The van der Waals surface area contributed by atoms with Crippen LogP contribution in [0.15, 0.2) is 24.3 Å². The molecule has 0 bridgehead atoms. The molecule has 8 heteroatoms. The fraction of sp³-hybridized carbons (Fsp3) is 0.286. The van der Waals surface area contributed by atoms with E-state index in [4.69, 9.17) is 0 Å². The molecular weight excluding hydrogens is 327 g/mol. The van der Waals surface area contributed by atoms with E-state index < -0.39 is 27.5 Å². The molecule has 2 aromatic rings. The molecule has 118 valence electrons. The summed E-state index contributed by atoms with van der Waals surface area (Å²) >= 11 is 1.18. The normalized spacial score (nSPS) is 11.4. The van der Waals surface area contributed by atoms with Gasteiger partial charge in [0, 0.05) is 0 Å². The summed E-state index contributed by atoms with van der Waals surface area (Å²) in [5.74, 6) is -1.52. The quantitative estimate of drug-likeness (QED) is 0.905. The molecule has 0 spiro atoms. The highest BCUT2D eigenvalue weighted by molar-refractivity contribution is 7.89. The number of carbonyl (C=O) groups excluding carboxylic acids is 1. The highest BCUT2D eigenvalue weighted by atomic mass is 32.2. The van der Waals surface area contributed by atoms with Gasteiger partial charge in [0.1, 0.15) is 10.7 Å². The Labute approximate surface area is 132 Å². The van der Waals surface area contributed by atoms with Crippen LogP contribution in [0.4, 0.5) is 4.39 Å². The molecule has 0 saturated heterocycles. The predicted molar refractivity (Wildman–Crippen MR) is 82.7 cm³/mol. The van der Waals surface area contributed by atoms with Crippen LogP contribution in [0.3, 0.4) is 0 Å². The van der Waals surface area contributed by atoms with Crippen molar-refractivity contribution in [3.8, 4) is 0 Å². The second-order valence-corrected chi connectivity index (χ2v) is 7.50. The van der Waals surface area contributed by atoms with Crippen molar-refractivity contribution in [2.75, 3.05) is 0 Å². The number of aryl methyl sites for hydroxylation is 2. The smallest absolute Gasteiger partial charge is 0.267 e. The van der Waals surface area contributed by atoms with E-state index in [9.17, 15) is 17.6 Å². The molecule has 1 N–H and O–H groups in total. The third-order valence-electron chi connectivity index (χ3n) is 2.87. The zero-order valence-electron chi connectivity index (χ0n) is 12.1. The molecule has 0 radical (unpaired) electrons. The molecule has 1 amide bonds. The van der Waals surface area contributed by atoms with Crippen LogP contribution in [0.5, 0.6) is 0 Å². The maximum atomic E-state index is 12.8. The van der Waals surface area contributed by atoms with Crippen molar-refractivity contribution in [1.82, 2.24) is 9.71 Å². The van der Waals surface area contributed by atoms with E-state index in [-0.39, 0.29) is 0 Å². The molecule has 0 unspecified atom stereocenters. The molecule has 0 aliphatic carbocycles. The third-order valence-corrected chi connectivity index (χ3v) is 5.38. The standard InChI is InChI=1S/C14H15FN2O3S2/c1-3-12-16-9(2)13(21-12)14(18)17-22(19,20)8-10-4-6-11(15)7-5-10/h4-7H,3,8H2,1-2H3,(H,17,18). The highest BCUT2D eigenvalue weighted by Crippen LogP contribution is 2.19. The first kappa shape index (κ1) is 16.6. The van der Waals surface area contributed by atoms with Gasteiger partial charge in [0.2, 0.25) is 10.0 Å². The van der Waals surface area contributed by atoms with E-state index in [2.05, 4.69) is 4.98 Å². The fourth-order valence-electron chi connectivity index (χ4n) is 1.84. The molecule has 1 heterocycles. The lowest BCUT2D eigenvalue weighted by Gasteiger charge is -2.06. The summed E-state index contributed by atoms with van der Waals surface area (Å²) < 4.78 is 38.9. The lowest BCUT2D eigenvalue weighted by Crippen LogP contribution is -2.31. The van der Waals surface area contributed by atoms with Gasteiger partial charge >= 0.3 is 0 Å². The minimum atomic E-state index is -3.85. The Hall–Kier alpha value is -1.80. The van der Waals surface area contributed by atoms with Crippen LogP contribution in [0, 0.1) is 12.7 Å². The monoisotopic (exact) mass is 342 g/mol. The Balaban J connectivity index is 2.12. The molecule has 0 saturated carbocycles. The number of hydrogen-bond donors (Lipinski definition) is 1. The first-order valence-corrected chi connectivity index (χ1v) is 9.03. The molecule has 5 nitrogen and oxygen atoms in total. The van der Waals surface area contributed by atoms with Crippen molar-refractivity contribution < 1.29 is 17.6 Å². The number of sulfonamides is 1. The summed E-state index contributed by atoms with van der Waals surface area (Å²) in [7, 11) is -3.85. The third kappa shape index (κ3) is 4.11. The van der Waals surface area contributed by atoms with Crippen molar-refractivity contribution in [3.05, 3.63) is 51.2 Å².